The van der Waals surface area contributed by atoms with Crippen LogP contribution in [0, 0.1) is 6.92 Å². The van der Waals surface area contributed by atoms with E-state index in [1.807, 2.05) is 6.92 Å². The van der Waals surface area contributed by atoms with Crippen molar-refractivity contribution in [3.8, 4) is 11.5 Å². The first kappa shape index (κ1) is 50.6. The van der Waals surface area contributed by atoms with E-state index >= 15 is 0 Å². The Balaban J connectivity index is 0.000000688. The molecule has 3 aromatic carbocycles. The Kier molecular flexibility index (Phi) is 24.2. The second kappa shape index (κ2) is 30.1. The van der Waals surface area contributed by atoms with Crippen molar-refractivity contribution in [2.24, 2.45) is 0 Å². The van der Waals surface area contributed by atoms with Gasteiger partial charge in [-0.15, -0.1) is 0 Å². The molecule has 0 amide bonds. The standard InChI is InChI=1S/C48H66N2O2.C7H8O3S/c1-3-5-7-13-17-41-51-47-27-23-43(24-28-47)19-21-45-31-37-49(38-32-45)35-15-11-9-10-12-16-36-50-39-33-46(34-40-50)22-20-44-25-29-48(30-26-44)52-42-18-14-8-6-4-2;1-6-2-4-7(5-3-6)11(8,9)10/h19-34,37-40H,3-18,35-36,41-42H2,1-2H3;2-5H,1H3,(H,8,9,10)/q+2;/b21-19+,22-20+;. The van der Waals surface area contributed by atoms with E-state index in [2.05, 4.69) is 145 Å². The van der Waals surface area contributed by atoms with Crippen LogP contribution in [-0.4, -0.2) is 26.2 Å². The molecule has 0 aliphatic carbocycles. The number of hydrogen-bond acceptors (Lipinski definition) is 4. The van der Waals surface area contributed by atoms with Gasteiger partial charge in [-0.1, -0.05) is 144 Å². The fourth-order valence-corrected chi connectivity index (χ4v) is 7.47. The van der Waals surface area contributed by atoms with Gasteiger partial charge in [-0.05, 0) is 91.3 Å². The zero-order valence-corrected chi connectivity index (χ0v) is 39.2. The second-order valence-electron chi connectivity index (χ2n) is 16.5. The van der Waals surface area contributed by atoms with Crippen molar-refractivity contribution in [1.82, 2.24) is 0 Å². The normalized spacial score (nSPS) is 11.5. The van der Waals surface area contributed by atoms with Crippen LogP contribution in [-0.2, 0) is 23.2 Å². The van der Waals surface area contributed by atoms with Crippen molar-refractivity contribution >= 4 is 34.4 Å². The smallest absolute Gasteiger partial charge is 0.294 e. The number of aryl methyl sites for hydroxylation is 3. The van der Waals surface area contributed by atoms with Gasteiger partial charge >= 0.3 is 0 Å². The van der Waals surface area contributed by atoms with Crippen LogP contribution in [0.3, 0.4) is 0 Å². The molecule has 8 heteroatoms. The van der Waals surface area contributed by atoms with E-state index in [9.17, 15) is 8.42 Å². The molecule has 0 aliphatic rings. The summed E-state index contributed by atoms with van der Waals surface area (Å²) < 4.78 is 46.0. The number of ether oxygens (including phenoxy) is 2. The number of unbranched alkanes of at least 4 members (excludes halogenated alkanes) is 13. The number of hydrogen-bond donors (Lipinski definition) is 1. The van der Waals surface area contributed by atoms with Crippen LogP contribution in [0.2, 0.25) is 0 Å². The summed E-state index contributed by atoms with van der Waals surface area (Å²) in [6, 6.07) is 31.7. The number of benzene rings is 3. The molecule has 0 spiro atoms. The van der Waals surface area contributed by atoms with E-state index in [4.69, 9.17) is 14.0 Å². The summed E-state index contributed by atoms with van der Waals surface area (Å²) >= 11 is 0. The predicted octanol–water partition coefficient (Wildman–Crippen LogP) is 13.6. The van der Waals surface area contributed by atoms with E-state index in [1.165, 1.54) is 124 Å². The minimum atomic E-state index is -4.02. The largest absolute Gasteiger partial charge is 0.494 e. The molecule has 0 saturated carbocycles. The Morgan fingerprint density at radius 3 is 1.14 bits per heavy atom. The molecule has 1 N–H and O–H groups in total. The molecule has 5 rings (SSSR count). The Labute approximate surface area is 380 Å². The predicted molar refractivity (Wildman–Crippen MR) is 261 cm³/mol. The highest BCUT2D eigenvalue weighted by atomic mass is 32.2. The van der Waals surface area contributed by atoms with Gasteiger partial charge in [-0.25, -0.2) is 9.13 Å². The Morgan fingerprint density at radius 2 is 0.778 bits per heavy atom. The molecule has 63 heavy (non-hydrogen) atoms. The first-order valence-corrected chi connectivity index (χ1v) is 25.0. The molecular formula is C55H74N2O5S+2. The van der Waals surface area contributed by atoms with E-state index < -0.39 is 10.1 Å². The molecule has 2 aromatic heterocycles. The molecule has 0 aliphatic heterocycles. The third-order valence-corrected chi connectivity index (χ3v) is 11.8. The molecule has 0 saturated heterocycles. The monoisotopic (exact) mass is 875 g/mol. The molecule has 0 unspecified atom stereocenters. The van der Waals surface area contributed by atoms with Gasteiger partial charge in [0, 0.05) is 37.1 Å². The van der Waals surface area contributed by atoms with Gasteiger partial charge in [-0.2, -0.15) is 8.42 Å². The van der Waals surface area contributed by atoms with Crippen molar-refractivity contribution in [3.05, 3.63) is 150 Å². The minimum absolute atomic E-state index is 0.0666. The maximum atomic E-state index is 10.5. The van der Waals surface area contributed by atoms with Crippen molar-refractivity contribution in [1.29, 1.82) is 0 Å². The van der Waals surface area contributed by atoms with E-state index in [0.717, 1.165) is 56.2 Å². The van der Waals surface area contributed by atoms with E-state index in [1.54, 1.807) is 12.1 Å². The molecule has 0 atom stereocenters. The third-order valence-electron chi connectivity index (χ3n) is 11.0. The lowest BCUT2D eigenvalue weighted by Gasteiger charge is -2.06. The van der Waals surface area contributed by atoms with Gasteiger partial charge < -0.3 is 9.47 Å². The van der Waals surface area contributed by atoms with Crippen LogP contribution in [0.4, 0.5) is 0 Å². The average Bonchev–Trinajstić information content (AvgIpc) is 3.30. The van der Waals surface area contributed by atoms with Gasteiger partial charge in [0.1, 0.15) is 24.6 Å². The first-order valence-electron chi connectivity index (χ1n) is 23.6. The number of aromatic nitrogens is 2. The lowest BCUT2D eigenvalue weighted by atomic mass is 10.1. The second-order valence-corrected chi connectivity index (χ2v) is 17.9. The van der Waals surface area contributed by atoms with Crippen LogP contribution < -0.4 is 18.6 Å². The van der Waals surface area contributed by atoms with Gasteiger partial charge in [-0.3, -0.25) is 4.55 Å². The summed E-state index contributed by atoms with van der Waals surface area (Å²) in [5, 5.41) is 0. The van der Waals surface area contributed by atoms with Gasteiger partial charge in [0.05, 0.1) is 18.1 Å². The van der Waals surface area contributed by atoms with Gasteiger partial charge in [0.2, 0.25) is 0 Å². The molecule has 0 radical (unpaired) electrons. The van der Waals surface area contributed by atoms with Crippen LogP contribution in [0.5, 0.6) is 11.5 Å². The quantitative estimate of drug-likeness (QED) is 0.0308. The summed E-state index contributed by atoms with van der Waals surface area (Å²) in [6.45, 7) is 10.1. The summed E-state index contributed by atoms with van der Waals surface area (Å²) in [4.78, 5) is -0.0666. The summed E-state index contributed by atoms with van der Waals surface area (Å²) in [6.07, 6.45) is 37.8. The molecule has 0 bridgehead atoms. The van der Waals surface area contributed by atoms with Crippen molar-refractivity contribution in [3.63, 3.8) is 0 Å². The maximum absolute atomic E-state index is 10.5. The van der Waals surface area contributed by atoms with Crippen molar-refractivity contribution < 1.29 is 31.6 Å². The lowest BCUT2D eigenvalue weighted by molar-refractivity contribution is -0.697. The first-order chi connectivity index (χ1) is 30.7. The van der Waals surface area contributed by atoms with Crippen LogP contribution in [0.15, 0.2) is 127 Å². The topological polar surface area (TPSA) is 80.6 Å². The lowest BCUT2D eigenvalue weighted by Crippen LogP contribution is -2.32. The zero-order valence-electron chi connectivity index (χ0n) is 38.4. The van der Waals surface area contributed by atoms with E-state index in [0.29, 0.717) is 0 Å². The van der Waals surface area contributed by atoms with E-state index in [-0.39, 0.29) is 4.90 Å². The highest BCUT2D eigenvalue weighted by molar-refractivity contribution is 7.85. The maximum Gasteiger partial charge on any atom is 0.294 e. The Hall–Kier alpha value is -5.05. The Bertz CT molecular complexity index is 1990. The molecule has 338 valence electrons. The fourth-order valence-electron chi connectivity index (χ4n) is 6.99. The molecular weight excluding hydrogens is 801 g/mol. The summed E-state index contributed by atoms with van der Waals surface area (Å²) in [5.41, 5.74) is 5.79. The SMILES string of the molecule is CCCCCCCOc1ccc(/C=C/c2cc[n+](CCCCCCCC[n+]3ccc(/C=C/c4ccc(OCCCCCCC)cc4)cc3)cc2)cc1.Cc1ccc(S(=O)(=O)O)cc1. The fraction of sp³-hybridized carbons (Fsp3) is 0.418. The Morgan fingerprint density at radius 1 is 0.444 bits per heavy atom. The van der Waals surface area contributed by atoms with Crippen LogP contribution >= 0.6 is 0 Å². The third kappa shape index (κ3) is 22.2. The summed E-state index contributed by atoms with van der Waals surface area (Å²) in [5.74, 6) is 1.93. The van der Waals surface area contributed by atoms with Gasteiger partial charge in [0.25, 0.3) is 10.1 Å². The highest BCUT2D eigenvalue weighted by Crippen LogP contribution is 2.17. The average molecular weight is 875 g/mol. The van der Waals surface area contributed by atoms with Crippen LogP contribution in [0.1, 0.15) is 144 Å². The summed E-state index contributed by atoms with van der Waals surface area (Å²) in [7, 11) is -4.02. The minimum Gasteiger partial charge on any atom is -0.494 e. The molecule has 0 fully saturated rings. The molecule has 5 aromatic rings. The van der Waals surface area contributed by atoms with Crippen molar-refractivity contribution in [2.75, 3.05) is 13.2 Å². The number of pyridine rings is 2. The molecule has 7 nitrogen and oxygen atoms in total. The highest BCUT2D eigenvalue weighted by Gasteiger charge is 2.07. The zero-order chi connectivity index (χ0) is 44.8. The van der Waals surface area contributed by atoms with Crippen LogP contribution in [0.25, 0.3) is 24.3 Å². The van der Waals surface area contributed by atoms with Crippen molar-refractivity contribution in [2.45, 2.75) is 141 Å². The van der Waals surface area contributed by atoms with Gasteiger partial charge in [0.15, 0.2) is 24.8 Å². The molecule has 2 heterocycles. The number of nitrogens with zero attached hydrogens (tertiary/aromatic N) is 2. The number of rotatable bonds is 28.